The van der Waals surface area contributed by atoms with E-state index < -0.39 is 5.97 Å². The fourth-order valence-corrected chi connectivity index (χ4v) is 2.13. The van der Waals surface area contributed by atoms with Gasteiger partial charge in [0.1, 0.15) is 0 Å². The molecule has 0 saturated heterocycles. The lowest BCUT2D eigenvalue weighted by atomic mass is 10.2. The van der Waals surface area contributed by atoms with E-state index in [4.69, 9.17) is 4.74 Å². The van der Waals surface area contributed by atoms with Gasteiger partial charge in [-0.2, -0.15) is 10.2 Å². The van der Waals surface area contributed by atoms with E-state index in [0.717, 1.165) is 17.0 Å². The lowest BCUT2D eigenvalue weighted by Gasteiger charge is -2.04. The molecule has 0 bridgehead atoms. The minimum atomic E-state index is -0.490. The average molecular weight is 297 g/mol. The van der Waals surface area contributed by atoms with Crippen LogP contribution in [-0.4, -0.2) is 37.6 Å². The third kappa shape index (κ3) is 2.48. The van der Waals surface area contributed by atoms with Gasteiger partial charge in [-0.15, -0.1) is 5.10 Å². The Hall–Kier alpha value is -2.96. The summed E-state index contributed by atoms with van der Waals surface area (Å²) in [5, 5.41) is 12.5. The zero-order chi connectivity index (χ0) is 15.7. The molecule has 0 amide bonds. The maximum atomic E-state index is 11.8. The molecule has 112 valence electrons. The zero-order valence-corrected chi connectivity index (χ0v) is 12.5. The number of esters is 1. The van der Waals surface area contributed by atoms with Crippen molar-refractivity contribution in [1.29, 1.82) is 0 Å². The van der Waals surface area contributed by atoms with Crippen LogP contribution >= 0.6 is 0 Å². The van der Waals surface area contributed by atoms with E-state index in [9.17, 15) is 4.79 Å². The largest absolute Gasteiger partial charge is 0.464 e. The van der Waals surface area contributed by atoms with Gasteiger partial charge in [0.15, 0.2) is 11.5 Å². The average Bonchev–Trinajstić information content (AvgIpc) is 3.13. The number of rotatable bonds is 3. The Bertz CT molecular complexity index is 817. The van der Waals surface area contributed by atoms with Crippen LogP contribution in [0.1, 0.15) is 16.2 Å². The van der Waals surface area contributed by atoms with Crippen LogP contribution in [0.15, 0.2) is 36.7 Å². The number of ether oxygens (including phenoxy) is 1. The Labute approximate surface area is 127 Å². The summed E-state index contributed by atoms with van der Waals surface area (Å²) in [6.45, 7) is 1.86. The number of aryl methyl sites for hydroxylation is 2. The molecular weight excluding hydrogens is 282 g/mol. The van der Waals surface area contributed by atoms with Crippen LogP contribution in [-0.2, 0) is 11.8 Å². The molecule has 0 fully saturated rings. The lowest BCUT2D eigenvalue weighted by molar-refractivity contribution is 0.0593. The normalized spacial score (nSPS) is 10.7. The van der Waals surface area contributed by atoms with Gasteiger partial charge in [0.2, 0.25) is 0 Å². The van der Waals surface area contributed by atoms with Crippen molar-refractivity contribution in [2.24, 2.45) is 7.05 Å². The third-order valence-electron chi connectivity index (χ3n) is 3.23. The van der Waals surface area contributed by atoms with Gasteiger partial charge in [0.25, 0.3) is 0 Å². The summed E-state index contributed by atoms with van der Waals surface area (Å²) in [7, 11) is 3.26. The van der Waals surface area contributed by atoms with Crippen molar-refractivity contribution in [1.82, 2.24) is 24.5 Å². The van der Waals surface area contributed by atoms with Gasteiger partial charge in [-0.3, -0.25) is 0 Å². The summed E-state index contributed by atoms with van der Waals surface area (Å²) in [5.74, 6) is 0.0515. The molecule has 3 rings (SSSR count). The molecule has 0 saturated carbocycles. The van der Waals surface area contributed by atoms with Crippen molar-refractivity contribution < 1.29 is 9.53 Å². The fraction of sp³-hybridized carbons (Fsp3) is 0.200. The highest BCUT2D eigenvalue weighted by Gasteiger charge is 2.18. The molecular formula is C15H15N5O2. The molecule has 0 unspecified atom stereocenters. The molecule has 7 nitrogen and oxygen atoms in total. The molecule has 0 aromatic carbocycles. The summed E-state index contributed by atoms with van der Waals surface area (Å²) < 4.78 is 8.26. The number of carbonyl (C=O) groups excluding carboxylic acids is 1. The van der Waals surface area contributed by atoms with E-state index in [1.54, 1.807) is 10.7 Å². The van der Waals surface area contributed by atoms with E-state index >= 15 is 0 Å². The molecule has 22 heavy (non-hydrogen) atoms. The Balaban J connectivity index is 2.16. The maximum Gasteiger partial charge on any atom is 0.358 e. The molecule has 0 atom stereocenters. The van der Waals surface area contributed by atoms with Gasteiger partial charge in [0.05, 0.1) is 18.5 Å². The monoisotopic (exact) mass is 297 g/mol. The van der Waals surface area contributed by atoms with Gasteiger partial charge in [-0.25, -0.2) is 9.48 Å². The van der Waals surface area contributed by atoms with Gasteiger partial charge >= 0.3 is 5.97 Å². The van der Waals surface area contributed by atoms with Crippen molar-refractivity contribution in [3.8, 4) is 17.1 Å². The molecule has 7 heteroatoms. The number of methoxy groups -OCH3 is 1. The van der Waals surface area contributed by atoms with Crippen LogP contribution < -0.4 is 0 Å². The predicted octanol–water partition coefficient (Wildman–Crippen LogP) is 1.76. The first-order valence-corrected chi connectivity index (χ1v) is 6.70. The van der Waals surface area contributed by atoms with E-state index in [0.29, 0.717) is 5.82 Å². The molecule has 0 aliphatic heterocycles. The van der Waals surface area contributed by atoms with Crippen molar-refractivity contribution >= 4 is 5.97 Å². The Morgan fingerprint density at radius 3 is 2.64 bits per heavy atom. The molecule has 0 N–H and O–H groups in total. The van der Waals surface area contributed by atoms with E-state index in [1.807, 2.05) is 49.1 Å². The van der Waals surface area contributed by atoms with Crippen LogP contribution in [0.5, 0.6) is 0 Å². The van der Waals surface area contributed by atoms with E-state index in [1.165, 1.54) is 7.11 Å². The van der Waals surface area contributed by atoms with Crippen LogP contribution in [0.2, 0.25) is 0 Å². The van der Waals surface area contributed by atoms with Crippen LogP contribution in [0.3, 0.4) is 0 Å². The number of aromatic nitrogens is 5. The summed E-state index contributed by atoms with van der Waals surface area (Å²) >= 11 is 0. The second-order valence-electron chi connectivity index (χ2n) is 4.92. The van der Waals surface area contributed by atoms with E-state index in [-0.39, 0.29) is 5.69 Å². The SMILES string of the molecule is COC(=O)c1cc(-c2ccn(C)c2)n(-c2ccc(C)nn2)n1. The van der Waals surface area contributed by atoms with Crippen molar-refractivity contribution in [3.05, 3.63) is 48.0 Å². The molecule has 3 heterocycles. The fourth-order valence-electron chi connectivity index (χ4n) is 2.13. The second-order valence-corrected chi connectivity index (χ2v) is 4.92. The maximum absolute atomic E-state index is 11.8. The Morgan fingerprint density at radius 1 is 1.23 bits per heavy atom. The summed E-state index contributed by atoms with van der Waals surface area (Å²) in [4.78, 5) is 11.8. The Morgan fingerprint density at radius 2 is 2.05 bits per heavy atom. The highest BCUT2D eigenvalue weighted by atomic mass is 16.5. The van der Waals surface area contributed by atoms with Crippen LogP contribution in [0.25, 0.3) is 17.1 Å². The molecule has 3 aromatic heterocycles. The van der Waals surface area contributed by atoms with Crippen LogP contribution in [0, 0.1) is 6.92 Å². The van der Waals surface area contributed by atoms with Gasteiger partial charge in [-0.1, -0.05) is 0 Å². The second kappa shape index (κ2) is 5.44. The quantitative estimate of drug-likeness (QED) is 0.689. The number of hydrogen-bond donors (Lipinski definition) is 0. The van der Waals surface area contributed by atoms with Gasteiger partial charge in [-0.05, 0) is 31.2 Å². The molecule has 0 radical (unpaired) electrons. The zero-order valence-electron chi connectivity index (χ0n) is 12.5. The first kappa shape index (κ1) is 14.0. The molecule has 0 spiro atoms. The highest BCUT2D eigenvalue weighted by Crippen LogP contribution is 2.23. The van der Waals surface area contributed by atoms with Gasteiger partial charge < -0.3 is 9.30 Å². The number of hydrogen-bond acceptors (Lipinski definition) is 5. The van der Waals surface area contributed by atoms with Crippen molar-refractivity contribution in [2.45, 2.75) is 6.92 Å². The predicted molar refractivity (Wildman–Crippen MR) is 79.6 cm³/mol. The summed E-state index contributed by atoms with van der Waals surface area (Å²) in [6.07, 6.45) is 3.86. The van der Waals surface area contributed by atoms with Crippen molar-refractivity contribution in [3.63, 3.8) is 0 Å². The minimum absolute atomic E-state index is 0.226. The Kier molecular flexibility index (Phi) is 3.46. The lowest BCUT2D eigenvalue weighted by Crippen LogP contribution is -2.06. The highest BCUT2D eigenvalue weighted by molar-refractivity contribution is 5.88. The summed E-state index contributed by atoms with van der Waals surface area (Å²) in [5.41, 5.74) is 2.71. The van der Waals surface area contributed by atoms with Crippen molar-refractivity contribution in [2.75, 3.05) is 7.11 Å². The minimum Gasteiger partial charge on any atom is -0.464 e. The number of carbonyl (C=O) groups is 1. The first-order valence-electron chi connectivity index (χ1n) is 6.70. The molecule has 0 aliphatic rings. The van der Waals surface area contributed by atoms with Gasteiger partial charge in [0, 0.05) is 25.0 Å². The van der Waals surface area contributed by atoms with E-state index in [2.05, 4.69) is 15.3 Å². The number of nitrogens with zero attached hydrogens (tertiary/aromatic N) is 5. The first-order chi connectivity index (χ1) is 10.6. The molecule has 0 aliphatic carbocycles. The third-order valence-corrected chi connectivity index (χ3v) is 3.23. The topological polar surface area (TPSA) is 74.8 Å². The molecule has 3 aromatic rings. The standard InChI is InChI=1S/C15H15N5O2/c1-10-4-5-14(17-16-10)20-13(11-6-7-19(2)9-11)8-12(18-20)15(21)22-3/h4-9H,1-3H3. The summed E-state index contributed by atoms with van der Waals surface area (Å²) in [6, 6.07) is 7.28. The smallest absolute Gasteiger partial charge is 0.358 e. The van der Waals surface area contributed by atoms with Crippen LogP contribution in [0.4, 0.5) is 0 Å².